The zero-order chi connectivity index (χ0) is 14.8. The molecule has 1 heterocycles. The summed E-state index contributed by atoms with van der Waals surface area (Å²) in [5.41, 5.74) is 9.99. The second kappa shape index (κ2) is 5.82. The molecular weight excluding hydrogens is 280 g/mol. The van der Waals surface area contributed by atoms with Crippen LogP contribution in [0.15, 0.2) is 36.4 Å². The van der Waals surface area contributed by atoms with Crippen LogP contribution in [0, 0.1) is 6.92 Å². The predicted octanol–water partition coefficient (Wildman–Crippen LogP) is 3.48. The number of aromatic nitrogens is 1. The molecule has 2 N–H and O–H groups in total. The Morgan fingerprint density at radius 2 is 2.10 bits per heavy atom. The van der Waals surface area contributed by atoms with E-state index in [0.717, 1.165) is 25.0 Å². The molecular formula is C17H18N2OS. The van der Waals surface area contributed by atoms with Gasteiger partial charge in [0.15, 0.2) is 0 Å². The summed E-state index contributed by atoms with van der Waals surface area (Å²) in [6.07, 6.45) is 3.25. The van der Waals surface area contributed by atoms with Crippen molar-refractivity contribution in [2.24, 2.45) is 5.73 Å². The molecule has 3 nitrogen and oxygen atoms in total. The molecule has 2 aromatic rings. The lowest BCUT2D eigenvalue weighted by atomic mass is 9.89. The fourth-order valence-corrected chi connectivity index (χ4v) is 2.93. The molecule has 1 atom stereocenters. The summed E-state index contributed by atoms with van der Waals surface area (Å²) in [6.45, 7) is 1.94. The monoisotopic (exact) mass is 298 g/mol. The van der Waals surface area contributed by atoms with E-state index in [2.05, 4.69) is 29.2 Å². The Morgan fingerprint density at radius 1 is 1.29 bits per heavy atom. The van der Waals surface area contributed by atoms with Crippen LogP contribution >= 0.6 is 12.2 Å². The Balaban J connectivity index is 1.95. The van der Waals surface area contributed by atoms with E-state index in [-0.39, 0.29) is 6.10 Å². The highest BCUT2D eigenvalue weighted by Crippen LogP contribution is 2.34. The molecule has 0 radical (unpaired) electrons. The van der Waals surface area contributed by atoms with E-state index in [9.17, 15) is 0 Å². The van der Waals surface area contributed by atoms with Crippen LogP contribution in [-0.4, -0.2) is 9.97 Å². The minimum Gasteiger partial charge on any atom is -0.469 e. The Bertz CT molecular complexity index is 684. The molecule has 108 valence electrons. The normalized spacial score (nSPS) is 17.1. The number of benzene rings is 1. The van der Waals surface area contributed by atoms with E-state index in [4.69, 9.17) is 22.7 Å². The van der Waals surface area contributed by atoms with Gasteiger partial charge in [0.25, 0.3) is 0 Å². The number of pyridine rings is 1. The third-order valence-electron chi connectivity index (χ3n) is 3.83. The number of rotatable bonds is 3. The van der Waals surface area contributed by atoms with Gasteiger partial charge >= 0.3 is 0 Å². The van der Waals surface area contributed by atoms with Gasteiger partial charge in [0.2, 0.25) is 5.88 Å². The molecule has 0 bridgehead atoms. The standard InChI is InChI=1S/C17H18N2OS/c1-11-9-10-14(16(18)21)17(19-11)20-15-8-4-6-12-5-2-3-7-13(12)15/h2-3,5,7,9-10,15H,4,6,8H2,1H3,(H2,18,21). The van der Waals surface area contributed by atoms with Crippen molar-refractivity contribution < 1.29 is 4.74 Å². The number of nitrogens with two attached hydrogens (primary N) is 1. The summed E-state index contributed by atoms with van der Waals surface area (Å²) in [6, 6.07) is 12.2. The van der Waals surface area contributed by atoms with Crippen LogP contribution in [0.1, 0.15) is 41.3 Å². The number of fused-ring (bicyclic) bond motifs is 1. The van der Waals surface area contributed by atoms with Gasteiger partial charge in [0, 0.05) is 5.69 Å². The van der Waals surface area contributed by atoms with Crippen molar-refractivity contribution in [1.82, 2.24) is 4.98 Å². The van der Waals surface area contributed by atoms with Crippen LogP contribution in [0.3, 0.4) is 0 Å². The van der Waals surface area contributed by atoms with Crippen molar-refractivity contribution in [2.45, 2.75) is 32.3 Å². The highest BCUT2D eigenvalue weighted by molar-refractivity contribution is 7.80. The van der Waals surface area contributed by atoms with Crippen molar-refractivity contribution in [3.8, 4) is 5.88 Å². The van der Waals surface area contributed by atoms with Gasteiger partial charge < -0.3 is 10.5 Å². The Kier molecular flexibility index (Phi) is 3.88. The second-order valence-corrected chi connectivity index (χ2v) is 5.81. The van der Waals surface area contributed by atoms with E-state index < -0.39 is 0 Å². The molecule has 1 aliphatic rings. The van der Waals surface area contributed by atoms with Crippen molar-refractivity contribution >= 4 is 17.2 Å². The maximum Gasteiger partial charge on any atom is 0.224 e. The number of thiocarbonyl (C=S) groups is 1. The molecule has 0 amide bonds. The van der Waals surface area contributed by atoms with Gasteiger partial charge in [0.05, 0.1) is 5.56 Å². The van der Waals surface area contributed by atoms with Crippen LogP contribution in [0.4, 0.5) is 0 Å². The number of nitrogens with zero attached hydrogens (tertiary/aromatic N) is 1. The van der Waals surface area contributed by atoms with Gasteiger partial charge in [0.1, 0.15) is 11.1 Å². The molecule has 0 saturated carbocycles. The first-order valence-electron chi connectivity index (χ1n) is 7.17. The molecule has 1 aromatic heterocycles. The van der Waals surface area contributed by atoms with E-state index >= 15 is 0 Å². The number of aryl methyl sites for hydroxylation is 2. The molecule has 0 saturated heterocycles. The Morgan fingerprint density at radius 3 is 2.90 bits per heavy atom. The van der Waals surface area contributed by atoms with Gasteiger partial charge in [-0.1, -0.05) is 36.5 Å². The fraction of sp³-hybridized carbons (Fsp3) is 0.294. The topological polar surface area (TPSA) is 48.1 Å². The maximum absolute atomic E-state index is 6.18. The van der Waals surface area contributed by atoms with Crippen LogP contribution in [0.5, 0.6) is 5.88 Å². The first-order chi connectivity index (χ1) is 10.1. The van der Waals surface area contributed by atoms with Crippen molar-refractivity contribution in [1.29, 1.82) is 0 Å². The van der Waals surface area contributed by atoms with Gasteiger partial charge in [-0.25, -0.2) is 4.98 Å². The number of ether oxygens (including phenoxy) is 1. The number of hydrogen-bond acceptors (Lipinski definition) is 3. The molecule has 0 spiro atoms. The smallest absolute Gasteiger partial charge is 0.224 e. The second-order valence-electron chi connectivity index (χ2n) is 5.37. The third kappa shape index (κ3) is 2.90. The summed E-state index contributed by atoms with van der Waals surface area (Å²) in [4.78, 5) is 4.79. The summed E-state index contributed by atoms with van der Waals surface area (Å²) in [5, 5.41) is 0. The average Bonchev–Trinajstić information content (AvgIpc) is 2.47. The van der Waals surface area contributed by atoms with E-state index in [1.165, 1.54) is 11.1 Å². The van der Waals surface area contributed by atoms with Crippen molar-refractivity contribution in [3.63, 3.8) is 0 Å². The lowest BCUT2D eigenvalue weighted by Gasteiger charge is -2.26. The lowest BCUT2D eigenvalue weighted by molar-refractivity contribution is 0.175. The quantitative estimate of drug-likeness (QED) is 0.881. The predicted molar refractivity (Wildman–Crippen MR) is 87.6 cm³/mol. The van der Waals surface area contributed by atoms with Gasteiger partial charge in [-0.05, 0) is 49.4 Å². The van der Waals surface area contributed by atoms with Crippen LogP contribution in [0.25, 0.3) is 0 Å². The minimum atomic E-state index is 0.0253. The van der Waals surface area contributed by atoms with Gasteiger partial charge in [-0.3, -0.25) is 0 Å². The van der Waals surface area contributed by atoms with Crippen LogP contribution in [0.2, 0.25) is 0 Å². The summed E-state index contributed by atoms with van der Waals surface area (Å²) >= 11 is 5.10. The molecule has 0 aliphatic heterocycles. The fourth-order valence-electron chi connectivity index (χ4n) is 2.78. The Labute approximate surface area is 130 Å². The first kappa shape index (κ1) is 14.0. The molecule has 1 aliphatic carbocycles. The van der Waals surface area contributed by atoms with E-state index in [1.54, 1.807) is 0 Å². The summed E-state index contributed by atoms with van der Waals surface area (Å²) < 4.78 is 6.18. The Hall–Kier alpha value is -1.94. The van der Waals surface area contributed by atoms with Crippen LogP contribution < -0.4 is 10.5 Å². The van der Waals surface area contributed by atoms with Crippen molar-refractivity contribution in [3.05, 3.63) is 58.8 Å². The average molecular weight is 298 g/mol. The molecule has 0 fully saturated rings. The first-order valence-corrected chi connectivity index (χ1v) is 7.58. The van der Waals surface area contributed by atoms with Gasteiger partial charge in [-0.2, -0.15) is 0 Å². The largest absolute Gasteiger partial charge is 0.469 e. The van der Waals surface area contributed by atoms with Crippen molar-refractivity contribution in [2.75, 3.05) is 0 Å². The molecule has 1 unspecified atom stereocenters. The third-order valence-corrected chi connectivity index (χ3v) is 4.05. The molecule has 4 heteroatoms. The number of hydrogen-bond donors (Lipinski definition) is 1. The van der Waals surface area contributed by atoms with Gasteiger partial charge in [-0.15, -0.1) is 0 Å². The lowest BCUT2D eigenvalue weighted by Crippen LogP contribution is -2.19. The zero-order valence-corrected chi connectivity index (χ0v) is 12.8. The van der Waals surface area contributed by atoms with Crippen LogP contribution in [-0.2, 0) is 6.42 Å². The maximum atomic E-state index is 6.18. The van der Waals surface area contributed by atoms with E-state index in [1.807, 2.05) is 19.1 Å². The highest BCUT2D eigenvalue weighted by atomic mass is 32.1. The SMILES string of the molecule is Cc1ccc(C(N)=S)c(OC2CCCc3ccccc32)n1. The summed E-state index contributed by atoms with van der Waals surface area (Å²) in [7, 11) is 0. The van der Waals surface area contributed by atoms with E-state index in [0.29, 0.717) is 16.4 Å². The molecule has 3 rings (SSSR count). The minimum absolute atomic E-state index is 0.0253. The molecule has 1 aromatic carbocycles. The summed E-state index contributed by atoms with van der Waals surface area (Å²) in [5.74, 6) is 0.546. The highest BCUT2D eigenvalue weighted by Gasteiger charge is 2.23. The zero-order valence-electron chi connectivity index (χ0n) is 12.0. The molecule has 21 heavy (non-hydrogen) atoms.